The zero-order chi connectivity index (χ0) is 16.7. The van der Waals surface area contributed by atoms with Crippen molar-refractivity contribution in [3.63, 3.8) is 0 Å². The Morgan fingerprint density at radius 3 is 2.74 bits per heavy atom. The van der Waals surface area contributed by atoms with E-state index in [4.69, 9.17) is 10.5 Å². The van der Waals surface area contributed by atoms with E-state index in [0.29, 0.717) is 13.0 Å². The van der Waals surface area contributed by atoms with Gasteiger partial charge in [0.25, 0.3) is 0 Å². The Bertz CT molecular complexity index is 562. The van der Waals surface area contributed by atoms with Gasteiger partial charge in [-0.3, -0.25) is 9.59 Å². The van der Waals surface area contributed by atoms with Gasteiger partial charge in [-0.1, -0.05) is 30.3 Å². The Morgan fingerprint density at radius 2 is 2.09 bits per heavy atom. The van der Waals surface area contributed by atoms with Crippen LogP contribution in [0.2, 0.25) is 0 Å². The molecule has 0 aliphatic carbocycles. The Kier molecular flexibility index (Phi) is 5.96. The maximum absolute atomic E-state index is 11.8. The Labute approximate surface area is 134 Å². The Morgan fingerprint density at radius 1 is 1.35 bits per heavy atom. The first kappa shape index (κ1) is 16.8. The van der Waals surface area contributed by atoms with E-state index in [1.54, 1.807) is 0 Å². The molecule has 1 aromatic rings. The number of carbonyl (C=O) groups is 3. The van der Waals surface area contributed by atoms with Crippen LogP contribution in [0.1, 0.15) is 24.8 Å². The fourth-order valence-corrected chi connectivity index (χ4v) is 2.50. The lowest BCUT2D eigenvalue weighted by molar-refractivity contribution is -0.127. The van der Waals surface area contributed by atoms with Crippen molar-refractivity contribution in [3.8, 4) is 0 Å². The first-order valence-corrected chi connectivity index (χ1v) is 7.60. The molecule has 23 heavy (non-hydrogen) atoms. The summed E-state index contributed by atoms with van der Waals surface area (Å²) < 4.78 is 5.07. The van der Waals surface area contributed by atoms with Gasteiger partial charge in [-0.2, -0.15) is 0 Å². The number of ether oxygens (including phenoxy) is 1. The van der Waals surface area contributed by atoms with Crippen LogP contribution in [0.3, 0.4) is 0 Å². The fourth-order valence-electron chi connectivity index (χ4n) is 2.50. The molecule has 124 valence electrons. The van der Waals surface area contributed by atoms with Crippen molar-refractivity contribution in [3.05, 3.63) is 35.9 Å². The van der Waals surface area contributed by atoms with Crippen LogP contribution in [0, 0.1) is 5.92 Å². The summed E-state index contributed by atoms with van der Waals surface area (Å²) in [6, 6.07) is 8.26. The molecule has 1 heterocycles. The van der Waals surface area contributed by atoms with Gasteiger partial charge in [0.05, 0.1) is 0 Å². The van der Waals surface area contributed by atoms with Crippen LogP contribution < -0.4 is 16.4 Å². The van der Waals surface area contributed by atoms with E-state index in [2.05, 4.69) is 10.6 Å². The third-order valence-corrected chi connectivity index (χ3v) is 3.77. The van der Waals surface area contributed by atoms with Crippen LogP contribution in [0.4, 0.5) is 4.79 Å². The van der Waals surface area contributed by atoms with Crippen molar-refractivity contribution < 1.29 is 19.1 Å². The number of hydrogen-bond acceptors (Lipinski definition) is 4. The minimum Gasteiger partial charge on any atom is -0.445 e. The maximum atomic E-state index is 11.8. The molecule has 0 saturated carbocycles. The number of nitrogens with one attached hydrogen (secondary N) is 2. The monoisotopic (exact) mass is 319 g/mol. The normalized spacial score (nSPS) is 18.6. The molecule has 1 aliphatic rings. The number of nitrogens with two attached hydrogens (primary N) is 1. The topological polar surface area (TPSA) is 111 Å². The van der Waals surface area contributed by atoms with Gasteiger partial charge < -0.3 is 21.1 Å². The highest BCUT2D eigenvalue weighted by atomic mass is 16.5. The fraction of sp³-hybridized carbons (Fsp3) is 0.438. The molecule has 3 amide bonds. The predicted octanol–water partition coefficient (Wildman–Crippen LogP) is 0.683. The van der Waals surface area contributed by atoms with Gasteiger partial charge in [0.2, 0.25) is 11.8 Å². The number of hydrogen-bond donors (Lipinski definition) is 3. The number of piperidine rings is 1. The van der Waals surface area contributed by atoms with Crippen LogP contribution in [-0.4, -0.2) is 30.5 Å². The third-order valence-electron chi connectivity index (χ3n) is 3.77. The van der Waals surface area contributed by atoms with Gasteiger partial charge in [-0.05, 0) is 24.8 Å². The smallest absolute Gasteiger partial charge is 0.408 e. The van der Waals surface area contributed by atoms with Crippen LogP contribution in [0.5, 0.6) is 0 Å². The van der Waals surface area contributed by atoms with Crippen molar-refractivity contribution in [2.75, 3.05) is 6.54 Å². The SMILES string of the molecule is NC(=O)[C@H](C[C@@H]1CCCNC1=O)NC(=O)OCc1ccccc1. The molecule has 7 nitrogen and oxygen atoms in total. The third kappa shape index (κ3) is 5.28. The maximum Gasteiger partial charge on any atom is 0.408 e. The van der Waals surface area contributed by atoms with Crippen LogP contribution in [-0.2, 0) is 20.9 Å². The molecule has 1 aliphatic heterocycles. The van der Waals surface area contributed by atoms with E-state index in [1.165, 1.54) is 0 Å². The van der Waals surface area contributed by atoms with E-state index in [-0.39, 0.29) is 24.9 Å². The standard InChI is InChI=1S/C16H21N3O4/c17-14(20)13(9-12-7-4-8-18-15(12)21)19-16(22)23-10-11-5-2-1-3-6-11/h1-3,5-6,12-13H,4,7-10H2,(H2,17,20)(H,18,21)(H,19,22)/t12-,13-/m0/s1. The quantitative estimate of drug-likeness (QED) is 0.716. The van der Waals surface area contributed by atoms with Gasteiger partial charge in [-0.15, -0.1) is 0 Å². The van der Waals surface area contributed by atoms with Gasteiger partial charge in [0.1, 0.15) is 12.6 Å². The van der Waals surface area contributed by atoms with Gasteiger partial charge >= 0.3 is 6.09 Å². The Balaban J connectivity index is 1.84. The average Bonchev–Trinajstić information content (AvgIpc) is 2.55. The largest absolute Gasteiger partial charge is 0.445 e. The summed E-state index contributed by atoms with van der Waals surface area (Å²) in [7, 11) is 0. The first-order chi connectivity index (χ1) is 11.1. The molecule has 2 atom stereocenters. The highest BCUT2D eigenvalue weighted by Gasteiger charge is 2.29. The van der Waals surface area contributed by atoms with Crippen LogP contribution >= 0.6 is 0 Å². The molecule has 4 N–H and O–H groups in total. The highest BCUT2D eigenvalue weighted by molar-refractivity contribution is 5.86. The van der Waals surface area contributed by atoms with Crippen molar-refractivity contribution >= 4 is 17.9 Å². The molecule has 1 saturated heterocycles. The summed E-state index contributed by atoms with van der Waals surface area (Å²) >= 11 is 0. The number of alkyl carbamates (subject to hydrolysis) is 1. The molecule has 0 bridgehead atoms. The van der Waals surface area contributed by atoms with Crippen LogP contribution in [0.25, 0.3) is 0 Å². The zero-order valence-electron chi connectivity index (χ0n) is 12.8. The van der Waals surface area contributed by atoms with Gasteiger partial charge in [0.15, 0.2) is 0 Å². The molecule has 1 fully saturated rings. The second-order valence-corrected chi connectivity index (χ2v) is 5.53. The summed E-state index contributed by atoms with van der Waals surface area (Å²) in [6.45, 7) is 0.741. The highest BCUT2D eigenvalue weighted by Crippen LogP contribution is 2.17. The van der Waals surface area contributed by atoms with E-state index < -0.39 is 18.0 Å². The Hall–Kier alpha value is -2.57. The molecule has 1 aromatic carbocycles. The van der Waals surface area contributed by atoms with E-state index in [0.717, 1.165) is 12.0 Å². The van der Waals surface area contributed by atoms with Crippen molar-refractivity contribution in [1.82, 2.24) is 10.6 Å². The summed E-state index contributed by atoms with van der Waals surface area (Å²) in [5.41, 5.74) is 6.15. The molecule has 0 aromatic heterocycles. The molecule has 0 spiro atoms. The molecular formula is C16H21N3O4. The number of rotatable bonds is 6. The number of amides is 3. The molecule has 0 radical (unpaired) electrons. The molecule has 2 rings (SSSR count). The number of primary amides is 1. The minimum atomic E-state index is -0.924. The summed E-state index contributed by atoms with van der Waals surface area (Å²) in [4.78, 5) is 35.1. The first-order valence-electron chi connectivity index (χ1n) is 7.60. The number of carbonyl (C=O) groups excluding carboxylic acids is 3. The summed E-state index contributed by atoms with van der Waals surface area (Å²) in [6.07, 6.45) is 0.979. The molecule has 7 heteroatoms. The van der Waals surface area contributed by atoms with Crippen molar-refractivity contribution in [2.45, 2.75) is 31.9 Å². The minimum absolute atomic E-state index is 0.0993. The van der Waals surface area contributed by atoms with E-state index in [9.17, 15) is 14.4 Å². The lowest BCUT2D eigenvalue weighted by atomic mass is 9.91. The zero-order valence-corrected chi connectivity index (χ0v) is 12.8. The van der Waals surface area contributed by atoms with Gasteiger partial charge in [0, 0.05) is 12.5 Å². The van der Waals surface area contributed by atoms with Crippen molar-refractivity contribution in [2.24, 2.45) is 11.7 Å². The van der Waals surface area contributed by atoms with E-state index >= 15 is 0 Å². The molecule has 0 unspecified atom stereocenters. The second-order valence-electron chi connectivity index (χ2n) is 5.53. The molecular weight excluding hydrogens is 298 g/mol. The lowest BCUT2D eigenvalue weighted by Crippen LogP contribution is -2.48. The second kappa shape index (κ2) is 8.17. The lowest BCUT2D eigenvalue weighted by Gasteiger charge is -2.25. The summed E-state index contributed by atoms with van der Waals surface area (Å²) in [5, 5.41) is 5.18. The summed E-state index contributed by atoms with van der Waals surface area (Å²) in [5.74, 6) is -1.11. The predicted molar refractivity (Wildman–Crippen MR) is 83.1 cm³/mol. The average molecular weight is 319 g/mol. The van der Waals surface area contributed by atoms with E-state index in [1.807, 2.05) is 30.3 Å². The number of benzene rings is 1. The van der Waals surface area contributed by atoms with Gasteiger partial charge in [-0.25, -0.2) is 4.79 Å². The van der Waals surface area contributed by atoms with Crippen molar-refractivity contribution in [1.29, 1.82) is 0 Å². The van der Waals surface area contributed by atoms with Crippen LogP contribution in [0.15, 0.2) is 30.3 Å².